The van der Waals surface area contributed by atoms with Gasteiger partial charge in [0, 0.05) is 6.92 Å². The predicted octanol–water partition coefficient (Wildman–Crippen LogP) is 6.93. The van der Waals surface area contributed by atoms with Gasteiger partial charge in [0.2, 0.25) is 0 Å². The van der Waals surface area contributed by atoms with Crippen LogP contribution in [0.3, 0.4) is 0 Å². The van der Waals surface area contributed by atoms with E-state index in [0.29, 0.717) is 17.3 Å². The third-order valence-corrected chi connectivity index (χ3v) is 10.6. The van der Waals surface area contributed by atoms with Gasteiger partial charge >= 0.3 is 5.97 Å². The molecule has 32 heavy (non-hydrogen) atoms. The molecule has 0 aromatic heterocycles. The van der Waals surface area contributed by atoms with Gasteiger partial charge in [0.15, 0.2) is 0 Å². The second kappa shape index (κ2) is 9.08. The Morgan fingerprint density at radius 1 is 1.09 bits per heavy atom. The fraction of sp³-hybridized carbons (Fsp3) is 0.897. The van der Waals surface area contributed by atoms with Crippen LogP contribution in [0.25, 0.3) is 0 Å². The molecule has 3 fully saturated rings. The number of fused-ring (bicyclic) bond motifs is 5. The number of hydrogen-bond donors (Lipinski definition) is 1. The molecule has 4 rings (SSSR count). The molecule has 0 amide bonds. The lowest BCUT2D eigenvalue weighted by Gasteiger charge is -2.60. The number of esters is 1. The summed E-state index contributed by atoms with van der Waals surface area (Å²) in [5, 5.41) is 10.4. The van der Waals surface area contributed by atoms with E-state index in [9.17, 15) is 9.90 Å². The first kappa shape index (κ1) is 24.3. The van der Waals surface area contributed by atoms with Crippen molar-refractivity contribution in [3.05, 3.63) is 11.6 Å². The maximum Gasteiger partial charge on any atom is 0.303 e. The second-order valence-electron chi connectivity index (χ2n) is 12.9. The molecule has 3 saturated carbocycles. The number of carbonyl (C=O) groups is 1. The van der Waals surface area contributed by atoms with Crippen LogP contribution in [0.15, 0.2) is 11.6 Å². The number of aliphatic hydroxyl groups excluding tert-OH is 1. The van der Waals surface area contributed by atoms with E-state index in [1.807, 2.05) is 0 Å². The Morgan fingerprint density at radius 3 is 2.53 bits per heavy atom. The van der Waals surface area contributed by atoms with E-state index >= 15 is 0 Å². The molecule has 0 heterocycles. The first-order chi connectivity index (χ1) is 15.1. The number of carbonyl (C=O) groups excluding carboxylic acids is 1. The molecular formula is C29H48O3. The van der Waals surface area contributed by atoms with Crippen molar-refractivity contribution in [2.24, 2.45) is 46.3 Å². The molecule has 9 atom stereocenters. The molecular weight excluding hydrogens is 396 g/mol. The van der Waals surface area contributed by atoms with Crippen LogP contribution in [0.2, 0.25) is 0 Å². The summed E-state index contributed by atoms with van der Waals surface area (Å²) in [6.45, 7) is 13.8. The zero-order valence-electron chi connectivity index (χ0n) is 21.5. The van der Waals surface area contributed by atoms with Crippen molar-refractivity contribution in [2.75, 3.05) is 0 Å². The minimum Gasteiger partial charge on any atom is -0.458 e. The lowest BCUT2D eigenvalue weighted by atomic mass is 9.46. The molecule has 4 aliphatic carbocycles. The lowest BCUT2D eigenvalue weighted by molar-refractivity contribution is -0.153. The van der Waals surface area contributed by atoms with Crippen LogP contribution in [0, 0.1) is 46.3 Å². The van der Waals surface area contributed by atoms with Crippen LogP contribution in [0.5, 0.6) is 0 Å². The summed E-state index contributed by atoms with van der Waals surface area (Å²) >= 11 is 0. The Bertz CT molecular complexity index is 726. The quantitative estimate of drug-likeness (QED) is 0.357. The minimum atomic E-state index is -0.385. The highest BCUT2D eigenvalue weighted by Crippen LogP contribution is 2.68. The van der Waals surface area contributed by atoms with E-state index in [0.717, 1.165) is 42.9 Å². The Hall–Kier alpha value is -0.830. The molecule has 0 saturated heterocycles. The summed E-state index contributed by atoms with van der Waals surface area (Å²) < 4.78 is 5.94. The van der Waals surface area contributed by atoms with Crippen molar-refractivity contribution in [1.29, 1.82) is 0 Å². The standard InChI is InChI=1S/C29H48O3/c1-18(2)8-7-9-19(3)23-10-11-24-22-17-27(32-20(4)30)26-16-21(31)12-14-29(26,6)25(22)13-15-28(23,24)5/h16,18-19,21-25,27,31H,7-15,17H2,1-6H3/t19-,21-,22+,23-,24+,25+,27-,28-,29-/m1/s1. The number of hydrogen-bond acceptors (Lipinski definition) is 3. The zero-order valence-corrected chi connectivity index (χ0v) is 21.5. The number of aliphatic hydroxyl groups is 1. The fourth-order valence-corrected chi connectivity index (χ4v) is 9.07. The normalized spacial score (nSPS) is 44.3. The lowest BCUT2D eigenvalue weighted by Crippen LogP contribution is -2.55. The van der Waals surface area contributed by atoms with E-state index in [4.69, 9.17) is 4.74 Å². The van der Waals surface area contributed by atoms with Crippen molar-refractivity contribution in [3.63, 3.8) is 0 Å². The van der Waals surface area contributed by atoms with Crippen molar-refractivity contribution >= 4 is 5.97 Å². The van der Waals surface area contributed by atoms with Gasteiger partial charge < -0.3 is 9.84 Å². The zero-order chi connectivity index (χ0) is 23.3. The van der Waals surface area contributed by atoms with E-state index in [2.05, 4.69) is 40.7 Å². The number of rotatable bonds is 6. The van der Waals surface area contributed by atoms with Crippen LogP contribution in [0.1, 0.15) is 106 Å². The molecule has 0 aliphatic heterocycles. The molecule has 3 heteroatoms. The first-order valence-corrected chi connectivity index (χ1v) is 13.6. The summed E-state index contributed by atoms with van der Waals surface area (Å²) in [5.74, 6) is 4.33. The average molecular weight is 445 g/mol. The minimum absolute atomic E-state index is 0.0740. The van der Waals surface area contributed by atoms with E-state index < -0.39 is 0 Å². The molecule has 0 radical (unpaired) electrons. The van der Waals surface area contributed by atoms with Gasteiger partial charge in [-0.3, -0.25) is 4.79 Å². The van der Waals surface area contributed by atoms with Crippen molar-refractivity contribution in [3.8, 4) is 0 Å². The molecule has 1 N–H and O–H groups in total. The van der Waals surface area contributed by atoms with E-state index in [1.54, 1.807) is 6.92 Å². The van der Waals surface area contributed by atoms with Crippen LogP contribution in [-0.4, -0.2) is 23.3 Å². The molecule has 3 nitrogen and oxygen atoms in total. The van der Waals surface area contributed by atoms with Gasteiger partial charge in [-0.25, -0.2) is 0 Å². The molecule has 0 aromatic rings. The summed E-state index contributed by atoms with van der Waals surface area (Å²) in [7, 11) is 0. The van der Waals surface area contributed by atoms with Gasteiger partial charge in [0.05, 0.1) is 6.10 Å². The maximum absolute atomic E-state index is 12.0. The van der Waals surface area contributed by atoms with E-state index in [-0.39, 0.29) is 23.6 Å². The van der Waals surface area contributed by atoms with Crippen molar-refractivity contribution < 1.29 is 14.6 Å². The maximum atomic E-state index is 12.0. The highest BCUT2D eigenvalue weighted by atomic mass is 16.5. The fourth-order valence-electron chi connectivity index (χ4n) is 9.07. The summed E-state index contributed by atoms with van der Waals surface area (Å²) in [5.41, 5.74) is 1.74. The summed E-state index contributed by atoms with van der Waals surface area (Å²) in [6, 6.07) is 0. The van der Waals surface area contributed by atoms with Gasteiger partial charge in [0.1, 0.15) is 6.10 Å². The van der Waals surface area contributed by atoms with Crippen LogP contribution < -0.4 is 0 Å². The third kappa shape index (κ3) is 4.21. The van der Waals surface area contributed by atoms with Gasteiger partial charge in [0.25, 0.3) is 0 Å². The predicted molar refractivity (Wildman–Crippen MR) is 130 cm³/mol. The Balaban J connectivity index is 1.57. The van der Waals surface area contributed by atoms with E-state index in [1.165, 1.54) is 50.5 Å². The molecule has 0 bridgehead atoms. The van der Waals surface area contributed by atoms with Gasteiger partial charge in [-0.2, -0.15) is 0 Å². The van der Waals surface area contributed by atoms with Crippen molar-refractivity contribution in [2.45, 2.75) is 118 Å². The Kier molecular flexibility index (Phi) is 6.90. The molecule has 182 valence electrons. The largest absolute Gasteiger partial charge is 0.458 e. The Labute approximate surface area is 196 Å². The van der Waals surface area contributed by atoms with Crippen LogP contribution in [0.4, 0.5) is 0 Å². The van der Waals surface area contributed by atoms with Gasteiger partial charge in [-0.05, 0) is 96.9 Å². The highest BCUT2D eigenvalue weighted by Gasteiger charge is 2.61. The monoisotopic (exact) mass is 444 g/mol. The summed E-state index contributed by atoms with van der Waals surface area (Å²) in [4.78, 5) is 12.0. The molecule has 0 unspecified atom stereocenters. The molecule has 0 aromatic carbocycles. The van der Waals surface area contributed by atoms with Gasteiger partial charge in [-0.1, -0.05) is 60.0 Å². The SMILES string of the molecule is CC(=O)O[C@@H]1C[C@H]2[C@@H]3CC[C@H]([C@H](C)CCCC(C)C)[C@@]3(C)CC[C@@H]2[C@@]2(C)CC[C@@H](O)C=C12. The highest BCUT2D eigenvalue weighted by molar-refractivity contribution is 5.66. The topological polar surface area (TPSA) is 46.5 Å². The van der Waals surface area contributed by atoms with Crippen LogP contribution >= 0.6 is 0 Å². The molecule has 0 spiro atoms. The first-order valence-electron chi connectivity index (χ1n) is 13.6. The second-order valence-corrected chi connectivity index (χ2v) is 12.9. The smallest absolute Gasteiger partial charge is 0.303 e. The third-order valence-electron chi connectivity index (χ3n) is 10.6. The Morgan fingerprint density at radius 2 is 1.84 bits per heavy atom. The molecule has 4 aliphatic rings. The number of ether oxygens (including phenoxy) is 1. The van der Waals surface area contributed by atoms with Crippen molar-refractivity contribution in [1.82, 2.24) is 0 Å². The van der Waals surface area contributed by atoms with Crippen LogP contribution in [-0.2, 0) is 9.53 Å². The average Bonchev–Trinajstić information content (AvgIpc) is 3.06. The van der Waals surface area contributed by atoms with Gasteiger partial charge in [-0.15, -0.1) is 0 Å². The summed E-state index contributed by atoms with van der Waals surface area (Å²) in [6.07, 6.45) is 13.8.